The van der Waals surface area contributed by atoms with Gasteiger partial charge in [-0.2, -0.15) is 0 Å². The van der Waals surface area contributed by atoms with Crippen LogP contribution in [-0.2, 0) is 9.59 Å². The van der Waals surface area contributed by atoms with Crippen molar-refractivity contribution in [1.82, 2.24) is 4.90 Å². The molecule has 1 amide bonds. The Morgan fingerprint density at radius 1 is 1.18 bits per heavy atom. The van der Waals surface area contributed by atoms with Crippen LogP contribution in [0.25, 0.3) is 5.76 Å². The summed E-state index contributed by atoms with van der Waals surface area (Å²) in [6.07, 6.45) is 3.89. The first-order valence-electron chi connectivity index (χ1n) is 9.52. The number of aliphatic hydroxyl groups is 1. The quantitative estimate of drug-likeness (QED) is 0.471. The minimum Gasteiger partial charge on any atom is -0.507 e. The molecule has 28 heavy (non-hydrogen) atoms. The molecule has 5 nitrogen and oxygen atoms in total. The lowest BCUT2D eigenvalue weighted by Crippen LogP contribution is -2.37. The zero-order chi connectivity index (χ0) is 19.8. The largest absolute Gasteiger partial charge is 0.507 e. The lowest BCUT2D eigenvalue weighted by molar-refractivity contribution is -0.141. The fourth-order valence-electron chi connectivity index (χ4n) is 4.32. The summed E-state index contributed by atoms with van der Waals surface area (Å²) < 4.78 is 5.36. The molecule has 1 aromatic heterocycles. The van der Waals surface area contributed by atoms with Crippen LogP contribution in [0, 0.1) is 6.92 Å². The molecule has 1 unspecified atom stereocenters. The van der Waals surface area contributed by atoms with Crippen LogP contribution in [0.3, 0.4) is 0 Å². The third kappa shape index (κ3) is 2.92. The van der Waals surface area contributed by atoms with Crippen molar-refractivity contribution in [3.8, 4) is 5.75 Å². The van der Waals surface area contributed by atoms with E-state index in [4.69, 9.17) is 4.74 Å². The SMILES string of the molecule is COc1ccccc1/C(O)=C1\C(=O)C(=O)N(C2CCCC2)C1c1sccc1C. The third-order valence-electron chi connectivity index (χ3n) is 5.71. The zero-order valence-electron chi connectivity index (χ0n) is 16.0. The van der Waals surface area contributed by atoms with Gasteiger partial charge in [0.15, 0.2) is 0 Å². The number of aryl methyl sites for hydroxylation is 1. The normalized spacial score (nSPS) is 22.2. The number of methoxy groups -OCH3 is 1. The van der Waals surface area contributed by atoms with Crippen LogP contribution in [0.2, 0.25) is 0 Å². The summed E-state index contributed by atoms with van der Waals surface area (Å²) in [4.78, 5) is 28.7. The summed E-state index contributed by atoms with van der Waals surface area (Å²) in [6, 6.07) is 8.48. The van der Waals surface area contributed by atoms with E-state index in [2.05, 4.69) is 0 Å². The molecule has 2 aliphatic rings. The second-order valence-corrected chi connectivity index (χ2v) is 8.26. The summed E-state index contributed by atoms with van der Waals surface area (Å²) in [5, 5.41) is 13.1. The Kier molecular flexibility index (Phi) is 4.98. The molecular formula is C22H23NO4S. The van der Waals surface area contributed by atoms with Crippen LogP contribution in [0.1, 0.15) is 47.7 Å². The molecule has 1 aliphatic heterocycles. The average molecular weight is 397 g/mol. The van der Waals surface area contributed by atoms with E-state index >= 15 is 0 Å². The Labute approximate surface area is 168 Å². The van der Waals surface area contributed by atoms with Crippen molar-refractivity contribution in [2.75, 3.05) is 7.11 Å². The van der Waals surface area contributed by atoms with E-state index in [0.717, 1.165) is 36.1 Å². The van der Waals surface area contributed by atoms with Gasteiger partial charge in [-0.05, 0) is 48.9 Å². The molecule has 6 heteroatoms. The van der Waals surface area contributed by atoms with Crippen LogP contribution in [0.4, 0.5) is 0 Å². The number of benzene rings is 1. The predicted octanol–water partition coefficient (Wildman–Crippen LogP) is 4.43. The van der Waals surface area contributed by atoms with Crippen LogP contribution in [0.15, 0.2) is 41.3 Å². The van der Waals surface area contributed by atoms with Crippen LogP contribution in [0.5, 0.6) is 5.75 Å². The number of para-hydroxylation sites is 1. The van der Waals surface area contributed by atoms with Crippen molar-refractivity contribution in [3.63, 3.8) is 0 Å². The number of ketones is 1. The fraction of sp³-hybridized carbons (Fsp3) is 0.364. The molecule has 2 heterocycles. The minimum atomic E-state index is -0.617. The van der Waals surface area contributed by atoms with E-state index in [9.17, 15) is 14.7 Å². The van der Waals surface area contributed by atoms with Gasteiger partial charge in [-0.25, -0.2) is 0 Å². The second kappa shape index (κ2) is 7.43. The fourth-order valence-corrected chi connectivity index (χ4v) is 5.35. The molecule has 4 rings (SSSR count). The third-order valence-corrected chi connectivity index (χ3v) is 6.78. The average Bonchev–Trinajstić information content (AvgIpc) is 3.42. The Hall–Kier alpha value is -2.60. The summed E-state index contributed by atoms with van der Waals surface area (Å²) in [7, 11) is 1.52. The first kappa shape index (κ1) is 18.7. The number of carbonyl (C=O) groups is 2. The van der Waals surface area contributed by atoms with Crippen molar-refractivity contribution in [2.45, 2.75) is 44.7 Å². The maximum Gasteiger partial charge on any atom is 0.295 e. The first-order valence-corrected chi connectivity index (χ1v) is 10.4. The number of rotatable bonds is 4. The van der Waals surface area contributed by atoms with Gasteiger partial charge in [0.25, 0.3) is 11.7 Å². The van der Waals surface area contributed by atoms with Crippen LogP contribution < -0.4 is 4.74 Å². The van der Waals surface area contributed by atoms with Gasteiger partial charge in [0, 0.05) is 10.9 Å². The molecule has 2 aromatic rings. The predicted molar refractivity (Wildman–Crippen MR) is 108 cm³/mol. The number of thiophene rings is 1. The highest BCUT2D eigenvalue weighted by Crippen LogP contribution is 2.46. The maximum absolute atomic E-state index is 13.1. The number of hydrogen-bond acceptors (Lipinski definition) is 5. The van der Waals surface area contributed by atoms with Crippen molar-refractivity contribution in [3.05, 3.63) is 57.3 Å². The summed E-state index contributed by atoms with van der Waals surface area (Å²) in [5.41, 5.74) is 1.60. The van der Waals surface area contributed by atoms with Gasteiger partial charge in [0.05, 0.1) is 18.2 Å². The number of likely N-dealkylation sites (tertiary alicyclic amines) is 1. The van der Waals surface area contributed by atoms with Gasteiger partial charge < -0.3 is 14.7 Å². The lowest BCUT2D eigenvalue weighted by atomic mass is 9.97. The van der Waals surface area contributed by atoms with E-state index < -0.39 is 17.7 Å². The number of nitrogens with zero attached hydrogens (tertiary/aromatic N) is 1. The summed E-state index contributed by atoms with van der Waals surface area (Å²) in [5.74, 6) is -0.836. The number of amides is 1. The molecule has 1 saturated heterocycles. The minimum absolute atomic E-state index is 0.0333. The van der Waals surface area contributed by atoms with Crippen molar-refractivity contribution >= 4 is 28.8 Å². The van der Waals surface area contributed by atoms with Crippen molar-refractivity contribution < 1.29 is 19.4 Å². The van der Waals surface area contributed by atoms with Gasteiger partial charge in [0.2, 0.25) is 0 Å². The monoisotopic (exact) mass is 397 g/mol. The van der Waals surface area contributed by atoms with Crippen molar-refractivity contribution in [1.29, 1.82) is 0 Å². The highest BCUT2D eigenvalue weighted by Gasteiger charge is 2.50. The van der Waals surface area contributed by atoms with E-state index in [1.165, 1.54) is 18.4 Å². The first-order chi connectivity index (χ1) is 13.5. The summed E-state index contributed by atoms with van der Waals surface area (Å²) >= 11 is 1.52. The molecule has 1 saturated carbocycles. The van der Waals surface area contributed by atoms with Gasteiger partial charge in [-0.3, -0.25) is 9.59 Å². The Morgan fingerprint density at radius 2 is 1.89 bits per heavy atom. The van der Waals surface area contributed by atoms with Crippen LogP contribution >= 0.6 is 11.3 Å². The smallest absolute Gasteiger partial charge is 0.295 e. The van der Waals surface area contributed by atoms with Crippen LogP contribution in [-0.4, -0.2) is 34.8 Å². The topological polar surface area (TPSA) is 66.8 Å². The second-order valence-electron chi connectivity index (χ2n) is 7.31. The number of ether oxygens (including phenoxy) is 1. The molecule has 1 aromatic carbocycles. The molecule has 1 aliphatic carbocycles. The van der Waals surface area contributed by atoms with Gasteiger partial charge >= 0.3 is 0 Å². The molecule has 2 fully saturated rings. The molecular weight excluding hydrogens is 374 g/mol. The Morgan fingerprint density at radius 3 is 2.54 bits per heavy atom. The zero-order valence-corrected chi connectivity index (χ0v) is 16.8. The number of carbonyl (C=O) groups excluding carboxylic acids is 2. The van der Waals surface area contributed by atoms with E-state index in [-0.39, 0.29) is 17.4 Å². The lowest BCUT2D eigenvalue weighted by Gasteiger charge is -2.30. The van der Waals surface area contributed by atoms with E-state index in [0.29, 0.717) is 11.3 Å². The number of Topliss-reactive ketones (excluding diaryl/α,β-unsaturated/α-hetero) is 1. The van der Waals surface area contributed by atoms with E-state index in [1.807, 2.05) is 18.4 Å². The number of hydrogen-bond donors (Lipinski definition) is 1. The van der Waals surface area contributed by atoms with Gasteiger partial charge in [-0.15, -0.1) is 11.3 Å². The maximum atomic E-state index is 13.1. The Balaban J connectivity index is 1.92. The number of aliphatic hydroxyl groups excluding tert-OH is 1. The molecule has 1 atom stereocenters. The molecule has 146 valence electrons. The van der Waals surface area contributed by atoms with Gasteiger partial charge in [0.1, 0.15) is 17.6 Å². The highest BCUT2D eigenvalue weighted by atomic mass is 32.1. The Bertz CT molecular complexity index is 955. The summed E-state index contributed by atoms with van der Waals surface area (Å²) in [6.45, 7) is 1.98. The molecule has 1 N–H and O–H groups in total. The molecule has 0 spiro atoms. The molecule has 0 radical (unpaired) electrons. The van der Waals surface area contributed by atoms with Crippen molar-refractivity contribution in [2.24, 2.45) is 0 Å². The highest BCUT2D eigenvalue weighted by molar-refractivity contribution is 7.10. The van der Waals surface area contributed by atoms with Gasteiger partial charge in [-0.1, -0.05) is 25.0 Å². The molecule has 0 bridgehead atoms. The standard InChI is InChI=1S/C22H23NO4S/c1-13-11-12-28-21(13)18-17(19(24)15-9-5-6-10-16(15)27-2)20(25)22(26)23(18)14-7-3-4-8-14/h5-6,9-12,14,18,24H,3-4,7-8H2,1-2H3/b19-17+. The van der Waals surface area contributed by atoms with E-state index in [1.54, 1.807) is 29.2 Å².